The van der Waals surface area contributed by atoms with Gasteiger partial charge in [0.15, 0.2) is 0 Å². The number of rotatable bonds is 5. The third-order valence-corrected chi connectivity index (χ3v) is 4.97. The highest BCUT2D eigenvalue weighted by Crippen LogP contribution is 2.22. The van der Waals surface area contributed by atoms with E-state index in [9.17, 15) is 4.79 Å². The molecule has 1 aromatic rings. The molecule has 0 atom stereocenters. The number of amides is 1. The standard InChI is InChI=1S/C15H25N3OS/c1-4-16-9-12-5-7-18(8-6-12)15(19)13-10-20-14(17-13)11(2)3/h10-12,16H,4-9H2,1-3H3. The van der Waals surface area contributed by atoms with Crippen LogP contribution < -0.4 is 5.32 Å². The Hall–Kier alpha value is -0.940. The Morgan fingerprint density at radius 3 is 2.75 bits per heavy atom. The summed E-state index contributed by atoms with van der Waals surface area (Å²) in [4.78, 5) is 18.8. The van der Waals surface area contributed by atoms with Gasteiger partial charge in [-0.25, -0.2) is 4.98 Å². The quantitative estimate of drug-likeness (QED) is 0.908. The monoisotopic (exact) mass is 295 g/mol. The van der Waals surface area contributed by atoms with E-state index in [1.165, 1.54) is 0 Å². The minimum absolute atomic E-state index is 0.107. The van der Waals surface area contributed by atoms with E-state index in [1.807, 2.05) is 10.3 Å². The molecule has 1 saturated heterocycles. The van der Waals surface area contributed by atoms with Gasteiger partial charge in [0.2, 0.25) is 0 Å². The van der Waals surface area contributed by atoms with Gasteiger partial charge in [0, 0.05) is 24.4 Å². The fourth-order valence-corrected chi connectivity index (χ4v) is 3.31. The summed E-state index contributed by atoms with van der Waals surface area (Å²) in [5, 5.41) is 6.35. The van der Waals surface area contributed by atoms with Crippen molar-refractivity contribution in [2.45, 2.75) is 39.5 Å². The number of carbonyl (C=O) groups excluding carboxylic acids is 1. The first-order valence-electron chi connectivity index (χ1n) is 7.57. The van der Waals surface area contributed by atoms with Crippen molar-refractivity contribution >= 4 is 17.2 Å². The summed E-state index contributed by atoms with van der Waals surface area (Å²) < 4.78 is 0. The van der Waals surface area contributed by atoms with Gasteiger partial charge in [-0.2, -0.15) is 0 Å². The van der Waals surface area contributed by atoms with Crippen molar-refractivity contribution in [3.05, 3.63) is 16.1 Å². The molecule has 0 aliphatic carbocycles. The lowest BCUT2D eigenvalue weighted by atomic mass is 9.96. The molecule has 20 heavy (non-hydrogen) atoms. The topological polar surface area (TPSA) is 45.2 Å². The molecule has 1 N–H and O–H groups in total. The van der Waals surface area contributed by atoms with E-state index in [1.54, 1.807) is 11.3 Å². The summed E-state index contributed by atoms with van der Waals surface area (Å²) in [6.07, 6.45) is 2.19. The molecule has 4 nitrogen and oxygen atoms in total. The minimum atomic E-state index is 0.107. The van der Waals surface area contributed by atoms with Crippen molar-refractivity contribution in [2.24, 2.45) is 5.92 Å². The van der Waals surface area contributed by atoms with Gasteiger partial charge >= 0.3 is 0 Å². The minimum Gasteiger partial charge on any atom is -0.337 e. The molecule has 0 radical (unpaired) electrons. The maximum Gasteiger partial charge on any atom is 0.273 e. The molecule has 1 aliphatic heterocycles. The van der Waals surface area contributed by atoms with E-state index in [-0.39, 0.29) is 5.91 Å². The third kappa shape index (κ3) is 3.79. The van der Waals surface area contributed by atoms with Crippen LogP contribution in [-0.4, -0.2) is 42.0 Å². The van der Waals surface area contributed by atoms with Gasteiger partial charge in [0.05, 0.1) is 5.01 Å². The Kier molecular flexibility index (Phi) is 5.54. The summed E-state index contributed by atoms with van der Waals surface area (Å²) >= 11 is 1.59. The van der Waals surface area contributed by atoms with E-state index in [4.69, 9.17) is 0 Å². The molecule has 112 valence electrons. The zero-order chi connectivity index (χ0) is 14.5. The second-order valence-electron chi connectivity index (χ2n) is 5.77. The molecule has 1 aliphatic rings. The highest BCUT2D eigenvalue weighted by molar-refractivity contribution is 7.09. The summed E-state index contributed by atoms with van der Waals surface area (Å²) in [6.45, 7) is 10.2. The molecule has 0 unspecified atom stereocenters. The second kappa shape index (κ2) is 7.18. The average molecular weight is 295 g/mol. The number of nitrogens with one attached hydrogen (secondary N) is 1. The van der Waals surface area contributed by atoms with E-state index in [0.29, 0.717) is 17.5 Å². The fourth-order valence-electron chi connectivity index (χ4n) is 2.50. The van der Waals surface area contributed by atoms with E-state index >= 15 is 0 Å². The van der Waals surface area contributed by atoms with Crippen molar-refractivity contribution in [3.63, 3.8) is 0 Å². The number of piperidine rings is 1. The Balaban J connectivity index is 1.87. The molecule has 2 heterocycles. The first-order valence-corrected chi connectivity index (χ1v) is 8.45. The largest absolute Gasteiger partial charge is 0.337 e. The predicted octanol–water partition coefficient (Wildman–Crippen LogP) is 2.73. The van der Waals surface area contributed by atoms with Crippen molar-refractivity contribution < 1.29 is 4.79 Å². The lowest BCUT2D eigenvalue weighted by molar-refractivity contribution is 0.0685. The number of thiazole rings is 1. The molecule has 0 bridgehead atoms. The van der Waals surface area contributed by atoms with Crippen LogP contribution in [0.15, 0.2) is 5.38 Å². The van der Waals surface area contributed by atoms with Crippen LogP contribution in [0.5, 0.6) is 0 Å². The SMILES string of the molecule is CCNCC1CCN(C(=O)c2csc(C(C)C)n2)CC1. The molecule has 1 amide bonds. The molecular weight excluding hydrogens is 270 g/mol. The van der Waals surface area contributed by atoms with Crippen LogP contribution in [-0.2, 0) is 0 Å². The summed E-state index contributed by atoms with van der Waals surface area (Å²) in [7, 11) is 0. The zero-order valence-corrected chi connectivity index (χ0v) is 13.5. The number of aromatic nitrogens is 1. The van der Waals surface area contributed by atoms with Crippen LogP contribution in [0.2, 0.25) is 0 Å². The normalized spacial score (nSPS) is 16.9. The van der Waals surface area contributed by atoms with E-state index in [2.05, 4.69) is 31.1 Å². The van der Waals surface area contributed by atoms with Crippen LogP contribution in [0.3, 0.4) is 0 Å². The molecule has 5 heteroatoms. The molecular formula is C15H25N3OS. The lowest BCUT2D eigenvalue weighted by Crippen LogP contribution is -2.40. The molecule has 1 aromatic heterocycles. The molecule has 0 spiro atoms. The van der Waals surface area contributed by atoms with E-state index < -0.39 is 0 Å². The molecule has 0 saturated carbocycles. The van der Waals surface area contributed by atoms with Crippen molar-refractivity contribution in [2.75, 3.05) is 26.2 Å². The van der Waals surface area contributed by atoms with Crippen LogP contribution in [0, 0.1) is 5.92 Å². The second-order valence-corrected chi connectivity index (χ2v) is 6.66. The van der Waals surface area contributed by atoms with Gasteiger partial charge in [-0.3, -0.25) is 4.79 Å². The van der Waals surface area contributed by atoms with Crippen LogP contribution in [0.25, 0.3) is 0 Å². The zero-order valence-electron chi connectivity index (χ0n) is 12.7. The maximum absolute atomic E-state index is 12.4. The molecule has 1 fully saturated rings. The number of likely N-dealkylation sites (tertiary alicyclic amines) is 1. The number of carbonyl (C=O) groups is 1. The first-order chi connectivity index (χ1) is 9.61. The fraction of sp³-hybridized carbons (Fsp3) is 0.733. The summed E-state index contributed by atoms with van der Waals surface area (Å²) in [5.74, 6) is 1.21. The Bertz CT molecular complexity index is 436. The lowest BCUT2D eigenvalue weighted by Gasteiger charge is -2.31. The Morgan fingerprint density at radius 1 is 1.50 bits per heavy atom. The first kappa shape index (κ1) is 15.4. The maximum atomic E-state index is 12.4. The van der Waals surface area contributed by atoms with Crippen LogP contribution >= 0.6 is 11.3 Å². The third-order valence-electron chi connectivity index (χ3n) is 3.82. The van der Waals surface area contributed by atoms with Gasteiger partial charge in [-0.15, -0.1) is 11.3 Å². The summed E-state index contributed by atoms with van der Waals surface area (Å²) in [5.41, 5.74) is 0.629. The van der Waals surface area contributed by atoms with Gasteiger partial charge < -0.3 is 10.2 Å². The van der Waals surface area contributed by atoms with Gasteiger partial charge in [-0.05, 0) is 31.8 Å². The predicted molar refractivity (Wildman–Crippen MR) is 83.4 cm³/mol. The average Bonchev–Trinajstić information content (AvgIpc) is 2.95. The molecule has 0 aromatic carbocycles. The highest BCUT2D eigenvalue weighted by Gasteiger charge is 2.25. The van der Waals surface area contributed by atoms with Crippen molar-refractivity contribution in [1.29, 1.82) is 0 Å². The van der Waals surface area contributed by atoms with Crippen LogP contribution in [0.4, 0.5) is 0 Å². The number of hydrogen-bond donors (Lipinski definition) is 1. The smallest absolute Gasteiger partial charge is 0.273 e. The molecule has 2 rings (SSSR count). The van der Waals surface area contributed by atoms with Crippen molar-refractivity contribution in [3.8, 4) is 0 Å². The van der Waals surface area contributed by atoms with Gasteiger partial charge in [-0.1, -0.05) is 20.8 Å². The van der Waals surface area contributed by atoms with Gasteiger partial charge in [0.1, 0.15) is 5.69 Å². The number of hydrogen-bond acceptors (Lipinski definition) is 4. The van der Waals surface area contributed by atoms with Gasteiger partial charge in [0.25, 0.3) is 5.91 Å². The van der Waals surface area contributed by atoms with Crippen molar-refractivity contribution in [1.82, 2.24) is 15.2 Å². The van der Waals surface area contributed by atoms with E-state index in [0.717, 1.165) is 44.0 Å². The van der Waals surface area contributed by atoms with Crippen LogP contribution in [0.1, 0.15) is 55.0 Å². The summed E-state index contributed by atoms with van der Waals surface area (Å²) in [6, 6.07) is 0. The Morgan fingerprint density at radius 2 is 2.20 bits per heavy atom. The highest BCUT2D eigenvalue weighted by atomic mass is 32.1. The Labute approximate surface area is 125 Å². The number of nitrogens with zero attached hydrogens (tertiary/aromatic N) is 2.